The second kappa shape index (κ2) is 7.40. The lowest BCUT2D eigenvalue weighted by Gasteiger charge is -2.22. The van der Waals surface area contributed by atoms with E-state index < -0.39 is 23.0 Å². The van der Waals surface area contributed by atoms with Crippen LogP contribution in [0.5, 0.6) is 0 Å². The van der Waals surface area contributed by atoms with Gasteiger partial charge >= 0.3 is 0 Å². The van der Waals surface area contributed by atoms with Crippen molar-refractivity contribution in [3.63, 3.8) is 0 Å². The van der Waals surface area contributed by atoms with Crippen LogP contribution in [0.1, 0.15) is 19.4 Å². The highest BCUT2D eigenvalue weighted by Crippen LogP contribution is 2.23. The van der Waals surface area contributed by atoms with Gasteiger partial charge in [-0.1, -0.05) is 11.6 Å². The number of halogens is 2. The highest BCUT2D eigenvalue weighted by molar-refractivity contribution is 6.31. The van der Waals surface area contributed by atoms with Crippen LogP contribution in [0.2, 0.25) is 5.02 Å². The second-order valence-corrected chi connectivity index (χ2v) is 6.15. The molecule has 126 valence electrons. The molecule has 7 heteroatoms. The Labute approximate surface area is 144 Å². The summed E-state index contributed by atoms with van der Waals surface area (Å²) in [6.45, 7) is 3.31. The molecule has 24 heavy (non-hydrogen) atoms. The summed E-state index contributed by atoms with van der Waals surface area (Å²) < 4.78 is 13.1. The van der Waals surface area contributed by atoms with Crippen molar-refractivity contribution in [2.24, 2.45) is 5.41 Å². The van der Waals surface area contributed by atoms with E-state index in [2.05, 4.69) is 15.6 Å². The number of anilines is 1. The third-order valence-corrected chi connectivity index (χ3v) is 3.80. The van der Waals surface area contributed by atoms with Crippen LogP contribution < -0.4 is 10.6 Å². The summed E-state index contributed by atoms with van der Waals surface area (Å²) >= 11 is 5.68. The van der Waals surface area contributed by atoms with Gasteiger partial charge in [0.2, 0.25) is 11.8 Å². The van der Waals surface area contributed by atoms with Crippen LogP contribution in [0.25, 0.3) is 0 Å². The lowest BCUT2D eigenvalue weighted by molar-refractivity contribution is -0.138. The molecule has 0 aliphatic carbocycles. The number of nitrogens with zero attached hydrogens (tertiary/aromatic N) is 1. The topological polar surface area (TPSA) is 71.1 Å². The molecular formula is C17H17ClFN3O2. The first kappa shape index (κ1) is 17.9. The number of benzene rings is 1. The van der Waals surface area contributed by atoms with Crippen molar-refractivity contribution >= 4 is 29.1 Å². The molecule has 0 aliphatic rings. The number of carbonyl (C=O) groups excluding carboxylic acids is 2. The number of pyridine rings is 1. The van der Waals surface area contributed by atoms with E-state index in [0.29, 0.717) is 12.2 Å². The minimum Gasteiger partial charge on any atom is -0.351 e. The van der Waals surface area contributed by atoms with E-state index in [0.717, 1.165) is 11.6 Å². The van der Waals surface area contributed by atoms with Gasteiger partial charge in [-0.3, -0.25) is 14.6 Å². The number of rotatable bonds is 5. The summed E-state index contributed by atoms with van der Waals surface area (Å²) in [6, 6.07) is 7.36. The molecule has 1 aromatic heterocycles. The van der Waals surface area contributed by atoms with E-state index >= 15 is 0 Å². The van der Waals surface area contributed by atoms with E-state index in [1.54, 1.807) is 24.5 Å². The molecule has 0 saturated carbocycles. The van der Waals surface area contributed by atoms with E-state index in [1.165, 1.54) is 26.0 Å². The van der Waals surface area contributed by atoms with Gasteiger partial charge in [0.15, 0.2) is 0 Å². The second-order valence-electron chi connectivity index (χ2n) is 5.75. The predicted molar refractivity (Wildman–Crippen MR) is 89.9 cm³/mol. The van der Waals surface area contributed by atoms with Gasteiger partial charge < -0.3 is 10.6 Å². The number of hydrogen-bond donors (Lipinski definition) is 2. The summed E-state index contributed by atoms with van der Waals surface area (Å²) in [5.74, 6) is -1.52. The van der Waals surface area contributed by atoms with Gasteiger partial charge in [-0.2, -0.15) is 0 Å². The highest BCUT2D eigenvalue weighted by atomic mass is 35.5. The molecule has 0 radical (unpaired) electrons. The number of nitrogens with one attached hydrogen (secondary N) is 2. The van der Waals surface area contributed by atoms with Gasteiger partial charge in [-0.05, 0) is 49.7 Å². The van der Waals surface area contributed by atoms with E-state index in [-0.39, 0.29) is 5.02 Å². The van der Waals surface area contributed by atoms with Crippen molar-refractivity contribution in [3.05, 3.63) is 59.1 Å². The maximum atomic E-state index is 13.1. The first-order chi connectivity index (χ1) is 11.3. The molecule has 2 rings (SSSR count). The molecule has 0 unspecified atom stereocenters. The molecule has 1 heterocycles. The molecule has 5 nitrogen and oxygen atoms in total. The fraction of sp³-hybridized carbons (Fsp3) is 0.235. The molecule has 1 aromatic carbocycles. The lowest BCUT2D eigenvalue weighted by Crippen LogP contribution is -2.44. The molecule has 0 aliphatic heterocycles. The van der Waals surface area contributed by atoms with Gasteiger partial charge in [0.25, 0.3) is 0 Å². The first-order valence-corrected chi connectivity index (χ1v) is 7.62. The van der Waals surface area contributed by atoms with Gasteiger partial charge in [0, 0.05) is 24.6 Å². The summed E-state index contributed by atoms with van der Waals surface area (Å²) in [4.78, 5) is 28.6. The van der Waals surface area contributed by atoms with Crippen molar-refractivity contribution in [2.45, 2.75) is 20.4 Å². The van der Waals surface area contributed by atoms with Gasteiger partial charge in [0.1, 0.15) is 11.2 Å². The standard InChI is InChI=1S/C17H17ClFN3O2/c1-17(2,15(23)21-10-11-5-7-20-8-6-11)16(24)22-12-3-4-14(19)13(18)9-12/h3-9H,10H2,1-2H3,(H,21,23)(H,22,24). The van der Waals surface area contributed by atoms with Crippen LogP contribution >= 0.6 is 11.6 Å². The zero-order valence-electron chi connectivity index (χ0n) is 13.3. The fourth-order valence-electron chi connectivity index (χ4n) is 1.87. The van der Waals surface area contributed by atoms with E-state index in [1.807, 2.05) is 0 Å². The van der Waals surface area contributed by atoms with Crippen LogP contribution in [-0.4, -0.2) is 16.8 Å². The normalized spacial score (nSPS) is 11.0. The Morgan fingerprint density at radius 3 is 2.46 bits per heavy atom. The molecule has 2 aromatic rings. The van der Waals surface area contributed by atoms with Crippen molar-refractivity contribution in [1.82, 2.24) is 10.3 Å². The molecule has 2 amide bonds. The van der Waals surface area contributed by atoms with E-state index in [9.17, 15) is 14.0 Å². The van der Waals surface area contributed by atoms with Crippen molar-refractivity contribution in [2.75, 3.05) is 5.32 Å². The summed E-state index contributed by atoms with van der Waals surface area (Å²) in [6.07, 6.45) is 3.25. The number of aromatic nitrogens is 1. The Balaban J connectivity index is 2.00. The van der Waals surface area contributed by atoms with Crippen molar-refractivity contribution < 1.29 is 14.0 Å². The third-order valence-electron chi connectivity index (χ3n) is 3.52. The molecule has 2 N–H and O–H groups in total. The van der Waals surface area contributed by atoms with Gasteiger partial charge in [0.05, 0.1) is 5.02 Å². The Kier molecular flexibility index (Phi) is 5.51. The summed E-state index contributed by atoms with van der Waals surface area (Å²) in [7, 11) is 0. The lowest BCUT2D eigenvalue weighted by atomic mass is 9.91. The Bertz CT molecular complexity index is 751. The molecule has 0 fully saturated rings. The van der Waals surface area contributed by atoms with Crippen molar-refractivity contribution in [1.29, 1.82) is 0 Å². The molecule has 0 saturated heterocycles. The maximum absolute atomic E-state index is 13.1. The number of amides is 2. The maximum Gasteiger partial charge on any atom is 0.239 e. The SMILES string of the molecule is CC(C)(C(=O)NCc1ccncc1)C(=O)Nc1ccc(F)c(Cl)c1. The minimum absolute atomic E-state index is 0.104. The predicted octanol–water partition coefficient (Wildman–Crippen LogP) is 3.16. The Morgan fingerprint density at radius 2 is 1.83 bits per heavy atom. The molecule has 0 spiro atoms. The first-order valence-electron chi connectivity index (χ1n) is 7.24. The van der Waals surface area contributed by atoms with Gasteiger partial charge in [-0.25, -0.2) is 4.39 Å². The Morgan fingerprint density at radius 1 is 1.17 bits per heavy atom. The number of carbonyl (C=O) groups is 2. The zero-order chi connectivity index (χ0) is 17.7. The summed E-state index contributed by atoms with van der Waals surface area (Å²) in [5.41, 5.74) is -0.116. The molecular weight excluding hydrogens is 333 g/mol. The number of hydrogen-bond acceptors (Lipinski definition) is 3. The zero-order valence-corrected chi connectivity index (χ0v) is 14.0. The van der Waals surface area contributed by atoms with Crippen molar-refractivity contribution in [3.8, 4) is 0 Å². The average molecular weight is 350 g/mol. The Hall–Kier alpha value is -2.47. The monoisotopic (exact) mass is 349 g/mol. The van der Waals surface area contributed by atoms with Crippen LogP contribution in [0.3, 0.4) is 0 Å². The molecule has 0 atom stereocenters. The van der Waals surface area contributed by atoms with Gasteiger partial charge in [-0.15, -0.1) is 0 Å². The van der Waals surface area contributed by atoms with Crippen LogP contribution in [0.4, 0.5) is 10.1 Å². The quantitative estimate of drug-likeness (QED) is 0.814. The smallest absolute Gasteiger partial charge is 0.239 e. The molecule has 0 bridgehead atoms. The highest BCUT2D eigenvalue weighted by Gasteiger charge is 2.36. The largest absolute Gasteiger partial charge is 0.351 e. The minimum atomic E-state index is -1.31. The summed E-state index contributed by atoms with van der Waals surface area (Å²) in [5, 5.41) is 5.18. The third kappa shape index (κ3) is 4.29. The fourth-order valence-corrected chi connectivity index (χ4v) is 2.05. The van der Waals surface area contributed by atoms with Crippen LogP contribution in [-0.2, 0) is 16.1 Å². The van der Waals surface area contributed by atoms with Crippen LogP contribution in [0.15, 0.2) is 42.7 Å². The average Bonchev–Trinajstić information content (AvgIpc) is 2.56. The van der Waals surface area contributed by atoms with Crippen LogP contribution in [0, 0.1) is 11.2 Å². The van der Waals surface area contributed by atoms with E-state index in [4.69, 9.17) is 11.6 Å².